The molecule has 1 rings (SSSR count). The highest BCUT2D eigenvalue weighted by atomic mass is 32.2. The van der Waals surface area contributed by atoms with Crippen molar-refractivity contribution in [3.63, 3.8) is 0 Å². The number of hydrogen-bond donors (Lipinski definition) is 1. The van der Waals surface area contributed by atoms with Crippen LogP contribution in [-0.2, 0) is 14.8 Å². The molecule has 9 heteroatoms. The minimum absolute atomic E-state index is 0.285. The van der Waals surface area contributed by atoms with Gasteiger partial charge in [-0.25, -0.2) is 8.42 Å². The molecule has 0 saturated carbocycles. The Morgan fingerprint density at radius 2 is 1.87 bits per heavy atom. The van der Waals surface area contributed by atoms with Crippen LogP contribution in [0.4, 0.5) is 13.2 Å². The van der Waals surface area contributed by atoms with E-state index in [2.05, 4.69) is 5.32 Å². The van der Waals surface area contributed by atoms with E-state index in [0.717, 1.165) is 0 Å². The molecular formula is C6H9F3N2O3S. The summed E-state index contributed by atoms with van der Waals surface area (Å²) in [7, 11) is -5.23. The van der Waals surface area contributed by atoms with Gasteiger partial charge in [0.2, 0.25) is 5.91 Å². The normalized spacial score (nSPS) is 19.7. The van der Waals surface area contributed by atoms with E-state index in [1.54, 1.807) is 0 Å². The van der Waals surface area contributed by atoms with E-state index in [0.29, 0.717) is 0 Å². The molecule has 1 aliphatic rings. The van der Waals surface area contributed by atoms with Crippen LogP contribution in [0.5, 0.6) is 0 Å². The molecule has 0 aromatic heterocycles. The molecule has 1 aliphatic heterocycles. The fraction of sp³-hybridized carbons (Fsp3) is 0.833. The van der Waals surface area contributed by atoms with Crippen molar-refractivity contribution in [2.24, 2.45) is 0 Å². The molecule has 15 heavy (non-hydrogen) atoms. The summed E-state index contributed by atoms with van der Waals surface area (Å²) in [5.41, 5.74) is -5.27. The van der Waals surface area contributed by atoms with E-state index in [4.69, 9.17) is 0 Å². The summed E-state index contributed by atoms with van der Waals surface area (Å²) in [5, 5.41) is 2.32. The zero-order valence-corrected chi connectivity index (χ0v) is 8.52. The summed E-state index contributed by atoms with van der Waals surface area (Å²) >= 11 is 0. The summed E-state index contributed by atoms with van der Waals surface area (Å²) < 4.78 is 57.7. The number of rotatable bonds is 2. The van der Waals surface area contributed by atoms with Crippen molar-refractivity contribution in [1.29, 1.82) is 0 Å². The molecule has 0 atom stereocenters. The highest BCUT2D eigenvalue weighted by Crippen LogP contribution is 2.29. The summed E-state index contributed by atoms with van der Waals surface area (Å²) in [6, 6.07) is -0.528. The zero-order chi connectivity index (χ0) is 11.9. The van der Waals surface area contributed by atoms with Gasteiger partial charge in [-0.3, -0.25) is 4.79 Å². The van der Waals surface area contributed by atoms with Crippen molar-refractivity contribution < 1.29 is 26.4 Å². The number of halogens is 3. The first-order chi connectivity index (χ1) is 6.64. The molecule has 88 valence electrons. The number of carbonyl (C=O) groups is 1. The lowest BCUT2D eigenvalue weighted by Crippen LogP contribution is -2.62. The Balaban J connectivity index is 2.56. The highest BCUT2D eigenvalue weighted by Gasteiger charge is 2.53. The largest absolute Gasteiger partial charge is 0.511 e. The van der Waals surface area contributed by atoms with Crippen LogP contribution in [0.25, 0.3) is 0 Å². The summed E-state index contributed by atoms with van der Waals surface area (Å²) in [6.07, 6.45) is 0. The minimum Gasteiger partial charge on any atom is -0.351 e. The average Bonchev–Trinajstić information content (AvgIpc) is 1.92. The van der Waals surface area contributed by atoms with Crippen LogP contribution in [0.2, 0.25) is 0 Å². The molecule has 0 radical (unpaired) electrons. The van der Waals surface area contributed by atoms with Crippen LogP contribution >= 0.6 is 0 Å². The van der Waals surface area contributed by atoms with Gasteiger partial charge < -0.3 is 5.32 Å². The predicted molar refractivity (Wildman–Crippen MR) is 44.2 cm³/mol. The number of nitrogens with one attached hydrogen (secondary N) is 1. The molecule has 0 aliphatic carbocycles. The molecule has 0 bridgehead atoms. The van der Waals surface area contributed by atoms with Crippen molar-refractivity contribution in [1.82, 2.24) is 9.62 Å². The second-order valence-corrected chi connectivity index (χ2v) is 5.09. The van der Waals surface area contributed by atoms with Crippen LogP contribution in [0, 0.1) is 0 Å². The van der Waals surface area contributed by atoms with Crippen LogP contribution < -0.4 is 5.32 Å². The Kier molecular flexibility index (Phi) is 2.97. The molecular weight excluding hydrogens is 237 g/mol. The average molecular weight is 246 g/mol. The molecule has 1 N–H and O–H groups in total. The van der Waals surface area contributed by atoms with Gasteiger partial charge in [-0.2, -0.15) is 17.5 Å². The van der Waals surface area contributed by atoms with Gasteiger partial charge in [0, 0.05) is 20.0 Å². The molecule has 0 spiro atoms. The SMILES string of the molecule is CC(=O)NC1CN(S(=O)(=O)C(F)(F)F)C1. The smallest absolute Gasteiger partial charge is 0.351 e. The van der Waals surface area contributed by atoms with Crippen LogP contribution in [0.1, 0.15) is 6.92 Å². The third kappa shape index (κ3) is 2.40. The topological polar surface area (TPSA) is 66.5 Å². The lowest BCUT2D eigenvalue weighted by molar-refractivity contribution is -0.120. The Labute approximate surface area is 84.3 Å². The second kappa shape index (κ2) is 3.63. The monoisotopic (exact) mass is 246 g/mol. The number of sulfonamides is 1. The van der Waals surface area contributed by atoms with Gasteiger partial charge in [0.05, 0.1) is 6.04 Å². The third-order valence-electron chi connectivity index (χ3n) is 1.89. The van der Waals surface area contributed by atoms with E-state index in [-0.39, 0.29) is 17.4 Å². The van der Waals surface area contributed by atoms with Crippen molar-refractivity contribution >= 4 is 15.9 Å². The van der Waals surface area contributed by atoms with E-state index in [1.165, 1.54) is 6.92 Å². The van der Waals surface area contributed by atoms with Gasteiger partial charge in [-0.05, 0) is 0 Å². The van der Waals surface area contributed by atoms with E-state index in [9.17, 15) is 26.4 Å². The molecule has 0 aromatic rings. The van der Waals surface area contributed by atoms with Gasteiger partial charge in [-0.1, -0.05) is 0 Å². The predicted octanol–water partition coefficient (Wildman–Crippen LogP) is -0.344. The van der Waals surface area contributed by atoms with Crippen molar-refractivity contribution in [2.45, 2.75) is 18.5 Å². The highest BCUT2D eigenvalue weighted by molar-refractivity contribution is 7.90. The summed E-state index contributed by atoms with van der Waals surface area (Å²) in [6.45, 7) is 0.545. The van der Waals surface area contributed by atoms with E-state index < -0.39 is 27.5 Å². The van der Waals surface area contributed by atoms with Gasteiger partial charge >= 0.3 is 15.5 Å². The first-order valence-electron chi connectivity index (χ1n) is 3.98. The number of nitrogens with zero attached hydrogens (tertiary/aromatic N) is 1. The zero-order valence-electron chi connectivity index (χ0n) is 7.71. The lowest BCUT2D eigenvalue weighted by atomic mass is 10.2. The molecule has 0 unspecified atom stereocenters. The molecule has 1 amide bonds. The first-order valence-corrected chi connectivity index (χ1v) is 5.42. The van der Waals surface area contributed by atoms with Crippen molar-refractivity contribution in [3.05, 3.63) is 0 Å². The Bertz CT molecular complexity index is 358. The summed E-state index contributed by atoms with van der Waals surface area (Å²) in [5.74, 6) is -0.399. The fourth-order valence-electron chi connectivity index (χ4n) is 1.16. The van der Waals surface area contributed by atoms with Crippen LogP contribution in [0.15, 0.2) is 0 Å². The Morgan fingerprint density at radius 3 is 2.20 bits per heavy atom. The lowest BCUT2D eigenvalue weighted by Gasteiger charge is -2.38. The molecule has 1 heterocycles. The van der Waals surface area contributed by atoms with Crippen molar-refractivity contribution in [3.8, 4) is 0 Å². The standard InChI is InChI=1S/C6H9F3N2O3S/c1-4(12)10-5-2-11(3-5)15(13,14)6(7,8)9/h5H,2-3H2,1H3,(H,10,12). The van der Waals surface area contributed by atoms with Gasteiger partial charge in [0.1, 0.15) is 0 Å². The number of carbonyl (C=O) groups excluding carboxylic acids is 1. The maximum absolute atomic E-state index is 12.0. The molecule has 1 saturated heterocycles. The van der Waals surface area contributed by atoms with E-state index in [1.807, 2.05) is 0 Å². The number of alkyl halides is 3. The van der Waals surface area contributed by atoms with Gasteiger partial charge in [0.15, 0.2) is 0 Å². The second-order valence-electron chi connectivity index (χ2n) is 3.17. The first kappa shape index (κ1) is 12.2. The molecule has 5 nitrogen and oxygen atoms in total. The minimum atomic E-state index is -5.27. The quantitative estimate of drug-likeness (QED) is 0.724. The van der Waals surface area contributed by atoms with Crippen LogP contribution in [0.3, 0.4) is 0 Å². The summed E-state index contributed by atoms with van der Waals surface area (Å²) in [4.78, 5) is 10.5. The maximum atomic E-state index is 12.0. The van der Waals surface area contributed by atoms with Gasteiger partial charge in [-0.15, -0.1) is 0 Å². The Hall–Kier alpha value is -0.830. The maximum Gasteiger partial charge on any atom is 0.511 e. The van der Waals surface area contributed by atoms with Crippen molar-refractivity contribution in [2.75, 3.05) is 13.1 Å². The molecule has 1 fully saturated rings. The third-order valence-corrected chi connectivity index (χ3v) is 3.45. The molecule has 0 aromatic carbocycles. The van der Waals surface area contributed by atoms with Crippen LogP contribution in [-0.4, -0.2) is 43.3 Å². The number of hydrogen-bond acceptors (Lipinski definition) is 3. The van der Waals surface area contributed by atoms with Gasteiger partial charge in [0.25, 0.3) is 0 Å². The number of amides is 1. The Morgan fingerprint density at radius 1 is 1.40 bits per heavy atom. The fourth-order valence-corrected chi connectivity index (χ4v) is 2.20. The van der Waals surface area contributed by atoms with E-state index >= 15 is 0 Å².